The molecule has 2 aromatic carbocycles. The van der Waals surface area contributed by atoms with Crippen molar-refractivity contribution in [2.24, 2.45) is 5.92 Å². The molecule has 2 aliphatic heterocycles. The topological polar surface area (TPSA) is 111 Å². The van der Waals surface area contributed by atoms with Crippen LogP contribution in [-0.4, -0.2) is 43.7 Å². The lowest BCUT2D eigenvalue weighted by Crippen LogP contribution is -2.29. The Labute approximate surface area is 203 Å². The van der Waals surface area contributed by atoms with Crippen molar-refractivity contribution in [1.82, 2.24) is 9.78 Å². The van der Waals surface area contributed by atoms with Crippen LogP contribution in [0.1, 0.15) is 28.8 Å². The molecule has 10 heteroatoms. The molecule has 35 heavy (non-hydrogen) atoms. The molecule has 3 heterocycles. The van der Waals surface area contributed by atoms with E-state index in [0.717, 1.165) is 16.8 Å². The molecule has 1 N–H and O–H groups in total. The molecule has 182 valence electrons. The van der Waals surface area contributed by atoms with Crippen LogP contribution in [0.15, 0.2) is 42.5 Å². The van der Waals surface area contributed by atoms with E-state index in [0.29, 0.717) is 28.5 Å². The minimum atomic E-state index is -3.32. The molecule has 0 aliphatic carbocycles. The zero-order chi connectivity index (χ0) is 24.9. The maximum absolute atomic E-state index is 13.4. The average Bonchev–Trinajstić information content (AvgIpc) is 3.44. The molecule has 1 aromatic heterocycles. The highest BCUT2D eigenvalue weighted by Crippen LogP contribution is 2.36. The van der Waals surface area contributed by atoms with Gasteiger partial charge in [0.1, 0.15) is 11.6 Å². The molecule has 0 saturated carbocycles. The average molecular weight is 495 g/mol. The highest BCUT2D eigenvalue weighted by atomic mass is 32.2. The van der Waals surface area contributed by atoms with Crippen LogP contribution >= 0.6 is 0 Å². The fourth-order valence-corrected chi connectivity index (χ4v) is 6.27. The summed E-state index contributed by atoms with van der Waals surface area (Å²) < 4.78 is 31.6. The number of methoxy groups -OCH3 is 1. The molecule has 0 radical (unpaired) electrons. The lowest BCUT2D eigenvalue weighted by molar-refractivity contribution is -0.122. The minimum Gasteiger partial charge on any atom is -0.495 e. The summed E-state index contributed by atoms with van der Waals surface area (Å²) in [6, 6.07) is 13.0. The van der Waals surface area contributed by atoms with Gasteiger partial charge >= 0.3 is 0 Å². The Morgan fingerprint density at radius 2 is 1.89 bits per heavy atom. The lowest BCUT2D eigenvalue weighted by Gasteiger charge is -2.19. The summed E-state index contributed by atoms with van der Waals surface area (Å²) in [7, 11) is -1.79. The van der Waals surface area contributed by atoms with E-state index in [4.69, 9.17) is 4.74 Å². The number of amides is 2. The second-order valence-electron chi connectivity index (χ2n) is 9.07. The number of carbonyl (C=O) groups excluding carboxylic acids is 2. The smallest absolute Gasteiger partial charge is 0.230 e. The van der Waals surface area contributed by atoms with E-state index in [-0.39, 0.29) is 36.3 Å². The molecule has 0 spiro atoms. The monoisotopic (exact) mass is 494 g/mol. The molecule has 3 aromatic rings. The van der Waals surface area contributed by atoms with Gasteiger partial charge in [0.05, 0.1) is 41.6 Å². The molecule has 5 rings (SSSR count). The van der Waals surface area contributed by atoms with Crippen LogP contribution in [0.3, 0.4) is 0 Å². The summed E-state index contributed by atoms with van der Waals surface area (Å²) in [4.78, 5) is 27.7. The van der Waals surface area contributed by atoms with Gasteiger partial charge in [0.25, 0.3) is 0 Å². The summed E-state index contributed by atoms with van der Waals surface area (Å²) in [5, 5.41) is 7.47. The van der Waals surface area contributed by atoms with Crippen LogP contribution in [0, 0.1) is 19.8 Å². The van der Waals surface area contributed by atoms with Crippen molar-refractivity contribution in [3.63, 3.8) is 0 Å². The zero-order valence-corrected chi connectivity index (χ0v) is 20.6. The van der Waals surface area contributed by atoms with Gasteiger partial charge in [0.15, 0.2) is 9.84 Å². The third-order valence-corrected chi connectivity index (χ3v) is 7.92. The van der Waals surface area contributed by atoms with Gasteiger partial charge in [-0.3, -0.25) is 9.59 Å². The van der Waals surface area contributed by atoms with Crippen LogP contribution in [0.5, 0.6) is 5.75 Å². The van der Waals surface area contributed by atoms with Crippen LogP contribution in [0.4, 0.5) is 11.5 Å². The van der Waals surface area contributed by atoms with Crippen LogP contribution in [0.25, 0.3) is 5.69 Å². The first-order valence-electron chi connectivity index (χ1n) is 11.3. The van der Waals surface area contributed by atoms with Crippen molar-refractivity contribution >= 4 is 33.2 Å². The number of benzene rings is 2. The molecular formula is C25H26N4O5S. The van der Waals surface area contributed by atoms with E-state index >= 15 is 0 Å². The fourth-order valence-electron chi connectivity index (χ4n) is 4.78. The third kappa shape index (κ3) is 4.18. The summed E-state index contributed by atoms with van der Waals surface area (Å²) >= 11 is 0. The largest absolute Gasteiger partial charge is 0.495 e. The molecule has 0 bridgehead atoms. The second kappa shape index (κ2) is 8.53. The van der Waals surface area contributed by atoms with E-state index in [1.807, 2.05) is 44.2 Å². The predicted octanol–water partition coefficient (Wildman–Crippen LogP) is 2.92. The molecule has 1 saturated heterocycles. The highest BCUT2D eigenvalue weighted by molar-refractivity contribution is 7.90. The van der Waals surface area contributed by atoms with Gasteiger partial charge in [-0.05, 0) is 37.6 Å². The number of sulfone groups is 1. The lowest BCUT2D eigenvalue weighted by atomic mass is 10.1. The van der Waals surface area contributed by atoms with Crippen LogP contribution in [-0.2, 0) is 30.9 Å². The van der Waals surface area contributed by atoms with Gasteiger partial charge < -0.3 is 15.0 Å². The summed E-state index contributed by atoms with van der Waals surface area (Å²) in [6.45, 7) is 4.13. The standard InChI is InChI=1S/C25H26N4O5S/c1-15-8-9-20(16(2)10-15)29-24(18-13-35(32,33)14-19(18)27-29)26-25(31)17-11-23(30)28(12-17)21-6-4-5-7-22(21)34-3/h4-10,17H,11-14H2,1-3H3,(H,26,31). The van der Waals surface area contributed by atoms with Crippen molar-refractivity contribution in [1.29, 1.82) is 0 Å². The van der Waals surface area contributed by atoms with Gasteiger partial charge in [-0.15, -0.1) is 0 Å². The zero-order valence-electron chi connectivity index (χ0n) is 19.7. The molecule has 1 fully saturated rings. The number of fused-ring (bicyclic) bond motifs is 1. The number of aromatic nitrogens is 2. The van der Waals surface area contributed by atoms with Crippen LogP contribution < -0.4 is 15.0 Å². The normalized spacial score (nSPS) is 18.5. The molecule has 9 nitrogen and oxygen atoms in total. The first-order valence-corrected chi connectivity index (χ1v) is 13.1. The van der Waals surface area contributed by atoms with Crippen molar-refractivity contribution in [3.05, 3.63) is 64.8 Å². The highest BCUT2D eigenvalue weighted by Gasteiger charge is 2.38. The SMILES string of the molecule is COc1ccccc1N1CC(C(=O)Nc2c3c(nn2-c2ccc(C)cc2C)CS(=O)(=O)C3)CC1=O. The Morgan fingerprint density at radius 1 is 1.11 bits per heavy atom. The van der Waals surface area contributed by atoms with Gasteiger partial charge in [-0.1, -0.05) is 29.8 Å². The number of hydrogen-bond acceptors (Lipinski definition) is 6. The Kier molecular flexibility index (Phi) is 5.63. The van der Waals surface area contributed by atoms with Gasteiger partial charge in [-0.25, -0.2) is 13.1 Å². The van der Waals surface area contributed by atoms with Crippen LogP contribution in [0.2, 0.25) is 0 Å². The number of carbonyl (C=O) groups is 2. The Balaban J connectivity index is 1.46. The summed E-state index contributed by atoms with van der Waals surface area (Å²) in [5.74, 6) is -0.575. The number of nitrogens with one attached hydrogen (secondary N) is 1. The molecular weight excluding hydrogens is 468 g/mol. The molecule has 2 aliphatic rings. The Morgan fingerprint density at radius 3 is 2.63 bits per heavy atom. The van der Waals surface area contributed by atoms with E-state index < -0.39 is 15.8 Å². The third-order valence-electron chi connectivity index (χ3n) is 6.48. The molecule has 1 atom stereocenters. The Bertz CT molecular complexity index is 1460. The number of anilines is 2. The van der Waals surface area contributed by atoms with Crippen molar-refractivity contribution in [3.8, 4) is 11.4 Å². The van der Waals surface area contributed by atoms with E-state index in [9.17, 15) is 18.0 Å². The first kappa shape index (κ1) is 23.1. The number of para-hydroxylation sites is 2. The van der Waals surface area contributed by atoms with E-state index in [1.54, 1.807) is 21.7 Å². The molecule has 1 unspecified atom stereocenters. The fraction of sp³-hybridized carbons (Fsp3) is 0.320. The number of aryl methyl sites for hydroxylation is 2. The quantitative estimate of drug-likeness (QED) is 0.584. The number of nitrogens with zero attached hydrogens (tertiary/aromatic N) is 3. The number of ether oxygens (including phenoxy) is 1. The van der Waals surface area contributed by atoms with E-state index in [1.165, 1.54) is 7.11 Å². The van der Waals surface area contributed by atoms with Gasteiger partial charge in [-0.2, -0.15) is 5.10 Å². The minimum absolute atomic E-state index is 0.0437. The van der Waals surface area contributed by atoms with Crippen molar-refractivity contribution in [2.45, 2.75) is 31.8 Å². The van der Waals surface area contributed by atoms with Crippen molar-refractivity contribution < 1.29 is 22.7 Å². The summed E-state index contributed by atoms with van der Waals surface area (Å²) in [5.41, 5.74) is 4.35. The van der Waals surface area contributed by atoms with Gasteiger partial charge in [0.2, 0.25) is 11.8 Å². The molecule has 2 amide bonds. The second-order valence-corrected chi connectivity index (χ2v) is 11.1. The maximum Gasteiger partial charge on any atom is 0.230 e. The van der Waals surface area contributed by atoms with E-state index in [2.05, 4.69) is 10.4 Å². The first-order chi connectivity index (χ1) is 16.7. The predicted molar refractivity (Wildman–Crippen MR) is 131 cm³/mol. The number of hydrogen-bond donors (Lipinski definition) is 1. The van der Waals surface area contributed by atoms with Crippen molar-refractivity contribution in [2.75, 3.05) is 23.9 Å². The van der Waals surface area contributed by atoms with Gasteiger partial charge in [0, 0.05) is 18.5 Å². The maximum atomic E-state index is 13.4. The number of rotatable bonds is 5. The summed E-state index contributed by atoms with van der Waals surface area (Å²) in [6.07, 6.45) is 0.0437. The Hall–Kier alpha value is -3.66.